The number of nitrogens with zero attached hydrogens (tertiary/aromatic N) is 1. The van der Waals surface area contributed by atoms with Crippen molar-refractivity contribution < 1.29 is 14.2 Å². The molecule has 4 heteroatoms. The minimum atomic E-state index is -0.332. The van der Waals surface area contributed by atoms with Crippen LogP contribution < -0.4 is 0 Å². The fourth-order valence-electron chi connectivity index (χ4n) is 4.55. The van der Waals surface area contributed by atoms with Crippen molar-refractivity contribution in [2.75, 3.05) is 19.8 Å². The molecular formula is C20H29NO3. The Balaban J connectivity index is 1.31. The average Bonchev–Trinajstić information content (AvgIpc) is 3.30. The van der Waals surface area contributed by atoms with Gasteiger partial charge in [-0.05, 0) is 38.2 Å². The van der Waals surface area contributed by atoms with Crippen molar-refractivity contribution in [2.24, 2.45) is 0 Å². The van der Waals surface area contributed by atoms with Crippen LogP contribution in [0.4, 0.5) is 0 Å². The van der Waals surface area contributed by atoms with Crippen LogP contribution >= 0.6 is 0 Å². The number of hydrogen-bond donors (Lipinski definition) is 0. The molecular weight excluding hydrogens is 302 g/mol. The third-order valence-corrected chi connectivity index (χ3v) is 5.81. The summed E-state index contributed by atoms with van der Waals surface area (Å²) in [5.74, 6) is -0.332. The maximum Gasteiger partial charge on any atom is 0.165 e. The van der Waals surface area contributed by atoms with Crippen molar-refractivity contribution in [3.8, 4) is 0 Å². The quantitative estimate of drug-likeness (QED) is 0.741. The molecule has 3 atom stereocenters. The number of hydrogen-bond acceptors (Lipinski definition) is 4. The summed E-state index contributed by atoms with van der Waals surface area (Å²) in [5.41, 5.74) is 1.40. The van der Waals surface area contributed by atoms with Crippen molar-refractivity contribution in [1.82, 2.24) is 4.90 Å². The number of ether oxygens (including phenoxy) is 3. The second-order valence-electron chi connectivity index (χ2n) is 7.47. The van der Waals surface area contributed by atoms with Crippen molar-refractivity contribution in [2.45, 2.75) is 69.5 Å². The molecule has 0 spiro atoms. The Bertz CT molecular complexity index is 529. The Kier molecular flexibility index (Phi) is 4.90. The van der Waals surface area contributed by atoms with Gasteiger partial charge in [-0.2, -0.15) is 0 Å². The summed E-state index contributed by atoms with van der Waals surface area (Å²) in [5, 5.41) is 0. The molecule has 0 amide bonds. The monoisotopic (exact) mass is 331 g/mol. The predicted molar refractivity (Wildman–Crippen MR) is 92.6 cm³/mol. The molecule has 0 saturated carbocycles. The van der Waals surface area contributed by atoms with Gasteiger partial charge in [-0.15, -0.1) is 0 Å². The van der Waals surface area contributed by atoms with E-state index >= 15 is 0 Å². The largest absolute Gasteiger partial charge is 0.361 e. The molecule has 0 aliphatic carbocycles. The molecule has 0 radical (unpaired) electrons. The average molecular weight is 331 g/mol. The third kappa shape index (κ3) is 3.38. The first-order valence-electron chi connectivity index (χ1n) is 9.47. The molecule has 132 valence electrons. The van der Waals surface area contributed by atoms with E-state index in [0.29, 0.717) is 18.3 Å². The first-order valence-corrected chi connectivity index (χ1v) is 9.47. The molecule has 0 aromatic heterocycles. The van der Waals surface area contributed by atoms with Crippen LogP contribution in [0.25, 0.3) is 0 Å². The van der Waals surface area contributed by atoms with Gasteiger partial charge in [0.15, 0.2) is 5.79 Å². The van der Waals surface area contributed by atoms with Crippen LogP contribution in [0.2, 0.25) is 0 Å². The van der Waals surface area contributed by atoms with Crippen LogP contribution in [0.5, 0.6) is 0 Å². The second kappa shape index (κ2) is 7.12. The van der Waals surface area contributed by atoms with Crippen LogP contribution in [-0.4, -0.2) is 42.8 Å². The maximum absolute atomic E-state index is 6.06. The van der Waals surface area contributed by atoms with E-state index in [1.807, 2.05) is 0 Å². The number of fused-ring (bicyclic) bond motifs is 1. The van der Waals surface area contributed by atoms with Gasteiger partial charge >= 0.3 is 0 Å². The standard InChI is InChI=1S/C20H29NO3/c1-20(23-13-14-24-20)12-6-5-9-17-10-11-19-21(17)18(15-22-19)16-7-3-2-4-8-16/h2-4,7-8,17-19H,5-6,9-15H2,1H3. The van der Waals surface area contributed by atoms with Crippen LogP contribution in [0.1, 0.15) is 57.1 Å². The van der Waals surface area contributed by atoms with E-state index in [1.165, 1.54) is 37.7 Å². The molecule has 3 aliphatic rings. The number of unbranched alkanes of at least 4 members (excludes halogenated alkanes) is 1. The summed E-state index contributed by atoms with van der Waals surface area (Å²) >= 11 is 0. The second-order valence-corrected chi connectivity index (χ2v) is 7.47. The molecule has 3 fully saturated rings. The van der Waals surface area contributed by atoms with Gasteiger partial charge in [-0.1, -0.05) is 36.8 Å². The highest BCUT2D eigenvalue weighted by atomic mass is 16.7. The molecule has 24 heavy (non-hydrogen) atoms. The van der Waals surface area contributed by atoms with Crippen LogP contribution in [0.3, 0.4) is 0 Å². The lowest BCUT2D eigenvalue weighted by Gasteiger charge is -2.29. The fraction of sp³-hybridized carbons (Fsp3) is 0.700. The zero-order valence-electron chi connectivity index (χ0n) is 14.7. The van der Waals surface area contributed by atoms with E-state index < -0.39 is 0 Å². The van der Waals surface area contributed by atoms with Gasteiger partial charge < -0.3 is 14.2 Å². The summed E-state index contributed by atoms with van der Waals surface area (Å²) in [6.45, 7) is 4.39. The maximum atomic E-state index is 6.06. The molecule has 3 aliphatic heterocycles. The van der Waals surface area contributed by atoms with E-state index in [2.05, 4.69) is 42.2 Å². The van der Waals surface area contributed by atoms with E-state index in [9.17, 15) is 0 Å². The van der Waals surface area contributed by atoms with Gasteiger partial charge in [0.1, 0.15) is 6.23 Å². The highest BCUT2D eigenvalue weighted by molar-refractivity contribution is 5.21. The van der Waals surface area contributed by atoms with Crippen molar-refractivity contribution in [1.29, 1.82) is 0 Å². The highest BCUT2D eigenvalue weighted by Crippen LogP contribution is 2.41. The first-order chi connectivity index (χ1) is 11.8. The zero-order chi connectivity index (χ0) is 16.4. The summed E-state index contributed by atoms with van der Waals surface area (Å²) in [6.07, 6.45) is 7.43. The van der Waals surface area contributed by atoms with Crippen molar-refractivity contribution in [3.05, 3.63) is 35.9 Å². The Labute approximate surface area is 145 Å². The first kappa shape index (κ1) is 16.5. The molecule has 4 nitrogen and oxygen atoms in total. The van der Waals surface area contributed by atoms with Gasteiger partial charge in [0.2, 0.25) is 0 Å². The van der Waals surface area contributed by atoms with Crippen LogP contribution in [0, 0.1) is 0 Å². The lowest BCUT2D eigenvalue weighted by molar-refractivity contribution is -0.147. The summed E-state index contributed by atoms with van der Waals surface area (Å²) in [4.78, 5) is 2.64. The summed E-state index contributed by atoms with van der Waals surface area (Å²) < 4.78 is 17.5. The normalized spacial score (nSPS) is 32.3. The minimum Gasteiger partial charge on any atom is -0.361 e. The lowest BCUT2D eigenvalue weighted by atomic mass is 10.0. The van der Waals surface area contributed by atoms with Crippen LogP contribution in [0.15, 0.2) is 30.3 Å². The molecule has 4 rings (SSSR count). The lowest BCUT2D eigenvalue weighted by Crippen LogP contribution is -2.34. The number of rotatable bonds is 6. The van der Waals surface area contributed by atoms with Gasteiger partial charge in [0.05, 0.1) is 25.9 Å². The molecule has 3 unspecified atom stereocenters. The van der Waals surface area contributed by atoms with Gasteiger partial charge in [-0.3, -0.25) is 4.90 Å². The van der Waals surface area contributed by atoms with Gasteiger partial charge in [0, 0.05) is 12.5 Å². The molecule has 3 saturated heterocycles. The smallest absolute Gasteiger partial charge is 0.165 e. The Morgan fingerprint density at radius 1 is 1.08 bits per heavy atom. The zero-order valence-corrected chi connectivity index (χ0v) is 14.7. The van der Waals surface area contributed by atoms with Crippen molar-refractivity contribution in [3.63, 3.8) is 0 Å². The topological polar surface area (TPSA) is 30.9 Å². The van der Waals surface area contributed by atoms with E-state index in [-0.39, 0.29) is 5.79 Å². The number of benzene rings is 1. The Morgan fingerprint density at radius 3 is 2.67 bits per heavy atom. The van der Waals surface area contributed by atoms with E-state index in [1.54, 1.807) is 0 Å². The summed E-state index contributed by atoms with van der Waals surface area (Å²) in [6, 6.07) is 11.9. The van der Waals surface area contributed by atoms with E-state index in [0.717, 1.165) is 26.2 Å². The predicted octanol–water partition coefficient (Wildman–Crippen LogP) is 3.87. The molecule has 0 N–H and O–H groups in total. The molecule has 0 bridgehead atoms. The SMILES string of the molecule is CC1(CCCCC2CCC3OCC(c4ccccc4)N23)OCCO1. The van der Waals surface area contributed by atoms with Crippen molar-refractivity contribution >= 4 is 0 Å². The van der Waals surface area contributed by atoms with E-state index in [4.69, 9.17) is 14.2 Å². The molecule has 1 aromatic carbocycles. The third-order valence-electron chi connectivity index (χ3n) is 5.81. The Morgan fingerprint density at radius 2 is 1.88 bits per heavy atom. The highest BCUT2D eigenvalue weighted by Gasteiger charge is 2.43. The van der Waals surface area contributed by atoms with Gasteiger partial charge in [0.25, 0.3) is 0 Å². The minimum absolute atomic E-state index is 0.332. The summed E-state index contributed by atoms with van der Waals surface area (Å²) in [7, 11) is 0. The molecule has 3 heterocycles. The fourth-order valence-corrected chi connectivity index (χ4v) is 4.55. The van der Waals surface area contributed by atoms with Crippen LogP contribution in [-0.2, 0) is 14.2 Å². The molecule has 1 aromatic rings. The Hall–Kier alpha value is -0.940. The van der Waals surface area contributed by atoms with Gasteiger partial charge in [-0.25, -0.2) is 0 Å².